The van der Waals surface area contributed by atoms with E-state index >= 15 is 0 Å². The molecule has 10 heteroatoms. The molecule has 0 radical (unpaired) electrons. The number of nitrogens with one attached hydrogen (secondary N) is 1. The SMILES string of the molecule is CC(O)(C(=O)Nc1cccc(Cl)c1S(=O)(=O)c1ccccc1)C(F)(F)F. The molecule has 1 unspecified atom stereocenters. The van der Waals surface area contributed by atoms with Crippen LogP contribution in [-0.4, -0.2) is 31.2 Å². The van der Waals surface area contributed by atoms with Gasteiger partial charge in [0.15, 0.2) is 0 Å². The third kappa shape index (κ3) is 3.69. The Labute approximate surface area is 152 Å². The van der Waals surface area contributed by atoms with Crippen molar-refractivity contribution in [2.24, 2.45) is 0 Å². The second-order valence-corrected chi connectivity index (χ2v) is 7.75. The zero-order chi connectivity index (χ0) is 19.8. The second kappa shape index (κ2) is 6.90. The first-order valence-corrected chi connectivity index (χ1v) is 8.94. The lowest BCUT2D eigenvalue weighted by Gasteiger charge is -2.25. The van der Waals surface area contributed by atoms with E-state index in [9.17, 15) is 31.5 Å². The van der Waals surface area contributed by atoms with Gasteiger partial charge in [0.05, 0.1) is 15.6 Å². The lowest BCUT2D eigenvalue weighted by Crippen LogP contribution is -2.52. The molecule has 0 aliphatic heterocycles. The summed E-state index contributed by atoms with van der Waals surface area (Å²) in [6.07, 6.45) is -5.26. The Balaban J connectivity index is 2.54. The average molecular weight is 408 g/mol. The van der Waals surface area contributed by atoms with Crippen molar-refractivity contribution in [2.75, 3.05) is 5.32 Å². The third-order valence-electron chi connectivity index (χ3n) is 3.53. The summed E-state index contributed by atoms with van der Waals surface area (Å²) in [7, 11) is -4.24. The Bertz CT molecular complexity index is 928. The molecule has 1 amide bonds. The van der Waals surface area contributed by atoms with Crippen LogP contribution in [0.2, 0.25) is 5.02 Å². The number of halogens is 4. The fourth-order valence-electron chi connectivity index (χ4n) is 1.97. The van der Waals surface area contributed by atoms with Crippen molar-refractivity contribution in [1.29, 1.82) is 0 Å². The number of alkyl halides is 3. The van der Waals surface area contributed by atoms with Crippen molar-refractivity contribution < 1.29 is 31.5 Å². The van der Waals surface area contributed by atoms with Crippen LogP contribution in [0.4, 0.5) is 18.9 Å². The lowest BCUT2D eigenvalue weighted by atomic mass is 10.1. The maximum Gasteiger partial charge on any atom is 0.426 e. The Morgan fingerprint density at radius 1 is 1.08 bits per heavy atom. The van der Waals surface area contributed by atoms with Crippen LogP contribution in [0.1, 0.15) is 6.92 Å². The molecule has 2 N–H and O–H groups in total. The fraction of sp³-hybridized carbons (Fsp3) is 0.188. The summed E-state index contributed by atoms with van der Waals surface area (Å²) in [6, 6.07) is 10.6. The van der Waals surface area contributed by atoms with Crippen LogP contribution in [0.15, 0.2) is 58.3 Å². The first-order valence-electron chi connectivity index (χ1n) is 7.08. The molecule has 26 heavy (non-hydrogen) atoms. The summed E-state index contributed by atoms with van der Waals surface area (Å²) in [4.78, 5) is 11.2. The predicted molar refractivity (Wildman–Crippen MR) is 88.7 cm³/mol. The Kier molecular flexibility index (Phi) is 5.36. The van der Waals surface area contributed by atoms with Gasteiger partial charge in [-0.1, -0.05) is 35.9 Å². The molecule has 0 spiro atoms. The number of sulfone groups is 1. The Morgan fingerprint density at radius 2 is 1.65 bits per heavy atom. The van der Waals surface area contributed by atoms with E-state index in [4.69, 9.17) is 11.6 Å². The molecule has 0 fully saturated rings. The van der Waals surface area contributed by atoms with Crippen molar-refractivity contribution >= 4 is 33.0 Å². The number of carbonyl (C=O) groups excluding carboxylic acids is 1. The number of anilines is 1. The van der Waals surface area contributed by atoms with E-state index in [1.165, 1.54) is 36.4 Å². The summed E-state index contributed by atoms with van der Waals surface area (Å²) < 4.78 is 64.0. The molecular weight excluding hydrogens is 395 g/mol. The van der Waals surface area contributed by atoms with Crippen LogP contribution < -0.4 is 5.32 Å². The van der Waals surface area contributed by atoms with Gasteiger partial charge < -0.3 is 10.4 Å². The highest BCUT2D eigenvalue weighted by Crippen LogP contribution is 2.36. The van der Waals surface area contributed by atoms with E-state index in [1.807, 2.05) is 0 Å². The molecule has 0 heterocycles. The summed E-state index contributed by atoms with van der Waals surface area (Å²) in [5, 5.41) is 10.9. The maximum absolute atomic E-state index is 12.8. The number of hydrogen-bond donors (Lipinski definition) is 2. The lowest BCUT2D eigenvalue weighted by molar-refractivity contribution is -0.242. The molecule has 0 aliphatic carbocycles. The van der Waals surface area contributed by atoms with Crippen LogP contribution in [0.3, 0.4) is 0 Å². The molecule has 5 nitrogen and oxygen atoms in total. The highest BCUT2D eigenvalue weighted by molar-refractivity contribution is 7.91. The van der Waals surface area contributed by atoms with Gasteiger partial charge in [-0.2, -0.15) is 13.2 Å². The zero-order valence-corrected chi connectivity index (χ0v) is 14.8. The van der Waals surface area contributed by atoms with Gasteiger partial charge in [0, 0.05) is 0 Å². The van der Waals surface area contributed by atoms with Gasteiger partial charge in [-0.3, -0.25) is 4.79 Å². The van der Waals surface area contributed by atoms with Crippen LogP contribution in [-0.2, 0) is 14.6 Å². The molecular formula is C16H13ClF3NO4S. The molecule has 0 saturated carbocycles. The molecule has 0 bridgehead atoms. The maximum atomic E-state index is 12.8. The van der Waals surface area contributed by atoms with Crippen molar-refractivity contribution in [3.05, 3.63) is 53.6 Å². The van der Waals surface area contributed by atoms with Gasteiger partial charge in [0.1, 0.15) is 4.90 Å². The number of benzene rings is 2. The second-order valence-electron chi connectivity index (χ2n) is 5.46. The minimum Gasteiger partial charge on any atom is -0.373 e. The number of rotatable bonds is 4. The first kappa shape index (κ1) is 20.2. The molecule has 2 aromatic carbocycles. The molecule has 1 atom stereocenters. The Hall–Kier alpha value is -2.10. The van der Waals surface area contributed by atoms with Crippen LogP contribution >= 0.6 is 11.6 Å². The fourth-order valence-corrected chi connectivity index (χ4v) is 3.93. The predicted octanol–water partition coefficient (Wildman–Crippen LogP) is 3.42. The first-order chi connectivity index (χ1) is 11.9. The van der Waals surface area contributed by atoms with Crippen LogP contribution in [0.25, 0.3) is 0 Å². The highest BCUT2D eigenvalue weighted by atomic mass is 35.5. The van der Waals surface area contributed by atoms with Gasteiger partial charge in [-0.05, 0) is 31.2 Å². The largest absolute Gasteiger partial charge is 0.426 e. The smallest absolute Gasteiger partial charge is 0.373 e. The topological polar surface area (TPSA) is 83.5 Å². The third-order valence-corrected chi connectivity index (χ3v) is 5.83. The molecule has 2 aromatic rings. The normalized spacial score (nSPS) is 14.5. The van der Waals surface area contributed by atoms with Crippen molar-refractivity contribution in [3.8, 4) is 0 Å². The van der Waals surface area contributed by atoms with Crippen molar-refractivity contribution in [1.82, 2.24) is 0 Å². The number of carbonyl (C=O) groups is 1. The zero-order valence-electron chi connectivity index (χ0n) is 13.2. The molecule has 0 aromatic heterocycles. The quantitative estimate of drug-likeness (QED) is 0.813. The Morgan fingerprint density at radius 3 is 2.19 bits per heavy atom. The molecule has 0 saturated heterocycles. The van der Waals surface area contributed by atoms with Gasteiger partial charge in [0.25, 0.3) is 5.91 Å². The van der Waals surface area contributed by atoms with E-state index in [0.717, 1.165) is 6.07 Å². The minimum absolute atomic E-state index is 0.161. The molecule has 140 valence electrons. The van der Waals surface area contributed by atoms with Crippen molar-refractivity contribution in [2.45, 2.75) is 28.5 Å². The van der Waals surface area contributed by atoms with Gasteiger partial charge in [-0.15, -0.1) is 0 Å². The highest BCUT2D eigenvalue weighted by Gasteiger charge is 2.56. The van der Waals surface area contributed by atoms with Crippen LogP contribution in [0, 0.1) is 0 Å². The number of amides is 1. The summed E-state index contributed by atoms with van der Waals surface area (Å²) in [5.74, 6) is -1.84. The van der Waals surface area contributed by atoms with E-state index in [0.29, 0.717) is 0 Å². The van der Waals surface area contributed by atoms with Gasteiger partial charge in [0.2, 0.25) is 15.4 Å². The van der Waals surface area contributed by atoms with E-state index in [2.05, 4.69) is 0 Å². The average Bonchev–Trinajstić information content (AvgIpc) is 2.54. The van der Waals surface area contributed by atoms with Gasteiger partial charge in [-0.25, -0.2) is 8.42 Å². The van der Waals surface area contributed by atoms with Gasteiger partial charge >= 0.3 is 6.18 Å². The van der Waals surface area contributed by atoms with Crippen molar-refractivity contribution in [3.63, 3.8) is 0 Å². The number of aliphatic hydroxyl groups is 1. The molecule has 2 rings (SSSR count). The summed E-state index contributed by atoms with van der Waals surface area (Å²) in [5.41, 5.74) is -4.20. The van der Waals surface area contributed by atoms with Crippen LogP contribution in [0.5, 0.6) is 0 Å². The standard InChI is InChI=1S/C16H13ClF3NO4S/c1-15(23,16(18,19)20)14(22)21-12-9-5-8-11(17)13(12)26(24,25)10-6-3-2-4-7-10/h2-9,23H,1H3,(H,21,22). The van der Waals surface area contributed by atoms with E-state index in [-0.39, 0.29) is 16.8 Å². The summed E-state index contributed by atoms with van der Waals surface area (Å²) >= 11 is 5.94. The van der Waals surface area contributed by atoms with E-state index in [1.54, 1.807) is 11.4 Å². The summed E-state index contributed by atoms with van der Waals surface area (Å²) in [6.45, 7) is 0.262. The minimum atomic E-state index is -5.26. The monoisotopic (exact) mass is 407 g/mol. The van der Waals surface area contributed by atoms with E-state index < -0.39 is 38.1 Å². The number of hydrogen-bond acceptors (Lipinski definition) is 4. The molecule has 0 aliphatic rings.